The molecule has 0 bridgehead atoms. The van der Waals surface area contributed by atoms with Crippen LogP contribution < -0.4 is 16.0 Å². The van der Waals surface area contributed by atoms with Crippen LogP contribution in [-0.2, 0) is 9.59 Å². The van der Waals surface area contributed by atoms with Crippen LogP contribution in [0.25, 0.3) is 0 Å². The van der Waals surface area contributed by atoms with E-state index in [1.165, 1.54) is 0 Å². The van der Waals surface area contributed by atoms with Crippen molar-refractivity contribution >= 4 is 17.9 Å². The SMILES string of the molecule is CCCCNC(=O)NC(=O)CNC(C)(C(=O)O)C(F)(F)F. The van der Waals surface area contributed by atoms with E-state index < -0.39 is 36.2 Å². The summed E-state index contributed by atoms with van der Waals surface area (Å²) in [5, 5.41) is 14.3. The number of hydrogen-bond donors (Lipinski definition) is 4. The number of urea groups is 1. The molecule has 7 nitrogen and oxygen atoms in total. The van der Waals surface area contributed by atoms with Gasteiger partial charge in [0.05, 0.1) is 6.54 Å². The van der Waals surface area contributed by atoms with Crippen LogP contribution in [0.15, 0.2) is 0 Å². The van der Waals surface area contributed by atoms with Gasteiger partial charge in [0.15, 0.2) is 0 Å². The normalized spacial score (nSPS) is 14.1. The van der Waals surface area contributed by atoms with Crippen LogP contribution in [0.4, 0.5) is 18.0 Å². The van der Waals surface area contributed by atoms with E-state index in [-0.39, 0.29) is 0 Å². The predicted octanol–water partition coefficient (Wildman–Crippen LogP) is 0.607. The fraction of sp³-hybridized carbons (Fsp3) is 0.727. The fourth-order valence-electron chi connectivity index (χ4n) is 1.15. The zero-order chi connectivity index (χ0) is 16.7. The average Bonchev–Trinajstić information content (AvgIpc) is 2.34. The third-order valence-electron chi connectivity index (χ3n) is 2.67. The maximum atomic E-state index is 12.6. The summed E-state index contributed by atoms with van der Waals surface area (Å²) in [5.74, 6) is -3.24. The molecule has 0 saturated carbocycles. The monoisotopic (exact) mass is 313 g/mol. The molecule has 3 amide bonds. The number of aliphatic carboxylic acids is 1. The Balaban J connectivity index is 4.40. The number of unbranched alkanes of at least 4 members (excludes halogenated alkanes) is 1. The molecular weight excluding hydrogens is 295 g/mol. The molecule has 0 aromatic heterocycles. The molecular formula is C11H18F3N3O4. The lowest BCUT2D eigenvalue weighted by Gasteiger charge is -2.28. The summed E-state index contributed by atoms with van der Waals surface area (Å²) in [4.78, 5) is 33.1. The number of rotatable bonds is 7. The molecule has 0 spiro atoms. The van der Waals surface area contributed by atoms with Gasteiger partial charge in [0.25, 0.3) is 0 Å². The highest BCUT2D eigenvalue weighted by molar-refractivity contribution is 5.95. The van der Waals surface area contributed by atoms with E-state index in [1.54, 1.807) is 10.6 Å². The van der Waals surface area contributed by atoms with Gasteiger partial charge in [-0.3, -0.25) is 15.4 Å². The van der Waals surface area contributed by atoms with Gasteiger partial charge in [0.2, 0.25) is 11.4 Å². The summed E-state index contributed by atoms with van der Waals surface area (Å²) in [7, 11) is 0. The predicted molar refractivity (Wildman–Crippen MR) is 66.5 cm³/mol. The van der Waals surface area contributed by atoms with E-state index in [9.17, 15) is 27.6 Å². The molecule has 4 N–H and O–H groups in total. The van der Waals surface area contributed by atoms with Gasteiger partial charge in [-0.25, -0.2) is 9.59 Å². The quantitative estimate of drug-likeness (QED) is 0.515. The smallest absolute Gasteiger partial charge is 0.417 e. The van der Waals surface area contributed by atoms with Crippen LogP contribution in [0.3, 0.4) is 0 Å². The zero-order valence-electron chi connectivity index (χ0n) is 11.6. The number of imide groups is 1. The van der Waals surface area contributed by atoms with Crippen LogP contribution in [0.2, 0.25) is 0 Å². The Morgan fingerprint density at radius 3 is 2.19 bits per heavy atom. The van der Waals surface area contributed by atoms with Crippen molar-refractivity contribution < 1.29 is 32.7 Å². The molecule has 0 saturated heterocycles. The lowest BCUT2D eigenvalue weighted by atomic mass is 10.0. The van der Waals surface area contributed by atoms with Crippen LogP contribution in [0.1, 0.15) is 26.7 Å². The Morgan fingerprint density at radius 2 is 1.76 bits per heavy atom. The standard InChI is InChI=1S/C11H18F3N3O4/c1-3-4-5-15-9(21)17-7(18)6-16-10(2,8(19)20)11(12,13)14/h16H,3-6H2,1-2H3,(H,19,20)(H2,15,17,18,21). The maximum absolute atomic E-state index is 12.6. The molecule has 0 aromatic rings. The topological polar surface area (TPSA) is 108 Å². The molecule has 0 aliphatic heterocycles. The van der Waals surface area contributed by atoms with E-state index in [0.717, 1.165) is 6.42 Å². The molecule has 0 rings (SSSR count). The maximum Gasteiger partial charge on any atom is 0.417 e. The van der Waals surface area contributed by atoms with Gasteiger partial charge in [-0.1, -0.05) is 13.3 Å². The van der Waals surface area contributed by atoms with Gasteiger partial charge < -0.3 is 10.4 Å². The summed E-state index contributed by atoms with van der Waals surface area (Å²) in [5.41, 5.74) is -3.27. The number of amides is 3. The van der Waals surface area contributed by atoms with Crippen molar-refractivity contribution in [2.24, 2.45) is 0 Å². The Labute approximate surface area is 119 Å². The Kier molecular flexibility index (Phi) is 7.13. The number of carbonyl (C=O) groups is 3. The van der Waals surface area contributed by atoms with Gasteiger partial charge in [-0.15, -0.1) is 0 Å². The number of halogens is 3. The highest BCUT2D eigenvalue weighted by Gasteiger charge is 2.57. The second-order valence-electron chi connectivity index (χ2n) is 4.44. The van der Waals surface area contributed by atoms with Crippen LogP contribution in [-0.4, -0.2) is 47.8 Å². The molecule has 0 aliphatic carbocycles. The Morgan fingerprint density at radius 1 is 1.19 bits per heavy atom. The third-order valence-corrected chi connectivity index (χ3v) is 2.67. The van der Waals surface area contributed by atoms with Crippen molar-refractivity contribution in [3.8, 4) is 0 Å². The second kappa shape index (κ2) is 7.81. The van der Waals surface area contributed by atoms with Crippen molar-refractivity contribution in [1.29, 1.82) is 0 Å². The Hall–Kier alpha value is -1.84. The molecule has 21 heavy (non-hydrogen) atoms. The largest absolute Gasteiger partial charge is 0.480 e. The lowest BCUT2D eigenvalue weighted by Crippen LogP contribution is -2.62. The summed E-state index contributed by atoms with van der Waals surface area (Å²) < 4.78 is 37.9. The van der Waals surface area contributed by atoms with Gasteiger partial charge in [0.1, 0.15) is 0 Å². The minimum Gasteiger partial charge on any atom is -0.480 e. The first-order chi connectivity index (χ1) is 9.54. The van der Waals surface area contributed by atoms with Crippen molar-refractivity contribution in [3.63, 3.8) is 0 Å². The number of carbonyl (C=O) groups excluding carboxylic acids is 2. The number of nitrogens with one attached hydrogen (secondary N) is 3. The first kappa shape index (κ1) is 19.2. The number of hydrogen-bond acceptors (Lipinski definition) is 4. The van der Waals surface area contributed by atoms with Gasteiger partial charge in [0, 0.05) is 6.54 Å². The number of carboxylic acids is 1. The van der Waals surface area contributed by atoms with Gasteiger partial charge in [-0.2, -0.15) is 13.2 Å². The average molecular weight is 313 g/mol. The van der Waals surface area contributed by atoms with Crippen LogP contribution >= 0.6 is 0 Å². The van der Waals surface area contributed by atoms with E-state index in [2.05, 4.69) is 5.32 Å². The molecule has 1 atom stereocenters. The zero-order valence-corrected chi connectivity index (χ0v) is 11.6. The van der Waals surface area contributed by atoms with Crippen molar-refractivity contribution in [3.05, 3.63) is 0 Å². The first-order valence-corrected chi connectivity index (χ1v) is 6.17. The molecule has 0 radical (unpaired) electrons. The summed E-state index contributed by atoms with van der Waals surface area (Å²) in [6.45, 7) is 1.63. The van der Waals surface area contributed by atoms with Crippen molar-refractivity contribution in [1.82, 2.24) is 16.0 Å². The number of carboxylic acid groups (broad SMARTS) is 1. The first-order valence-electron chi connectivity index (χ1n) is 6.17. The second-order valence-corrected chi connectivity index (χ2v) is 4.44. The molecule has 0 aliphatic rings. The summed E-state index contributed by atoms with van der Waals surface area (Å²) in [6.07, 6.45) is -3.59. The van der Waals surface area contributed by atoms with E-state index in [1.807, 2.05) is 6.92 Å². The van der Waals surface area contributed by atoms with Crippen LogP contribution in [0, 0.1) is 0 Å². The minimum atomic E-state index is -5.09. The van der Waals surface area contributed by atoms with E-state index in [4.69, 9.17) is 5.11 Å². The number of alkyl halides is 3. The van der Waals surface area contributed by atoms with Gasteiger partial charge >= 0.3 is 18.2 Å². The molecule has 0 aromatic carbocycles. The Bertz CT molecular complexity index is 401. The fourth-order valence-corrected chi connectivity index (χ4v) is 1.15. The summed E-state index contributed by atoms with van der Waals surface area (Å²) in [6, 6.07) is -0.848. The summed E-state index contributed by atoms with van der Waals surface area (Å²) >= 11 is 0. The van der Waals surface area contributed by atoms with E-state index >= 15 is 0 Å². The lowest BCUT2D eigenvalue weighted by molar-refractivity contribution is -0.205. The highest BCUT2D eigenvalue weighted by Crippen LogP contribution is 2.30. The van der Waals surface area contributed by atoms with Crippen molar-refractivity contribution in [2.45, 2.75) is 38.4 Å². The van der Waals surface area contributed by atoms with Crippen molar-refractivity contribution in [2.75, 3.05) is 13.1 Å². The molecule has 1 unspecified atom stereocenters. The van der Waals surface area contributed by atoms with E-state index in [0.29, 0.717) is 19.9 Å². The minimum absolute atomic E-state index is 0.318. The highest BCUT2D eigenvalue weighted by atomic mass is 19.4. The third kappa shape index (κ3) is 5.98. The van der Waals surface area contributed by atoms with Gasteiger partial charge in [-0.05, 0) is 13.3 Å². The van der Waals surface area contributed by atoms with Crippen LogP contribution in [0.5, 0.6) is 0 Å². The molecule has 0 fully saturated rings. The molecule has 122 valence electrons. The molecule has 10 heteroatoms. The molecule has 0 heterocycles.